The van der Waals surface area contributed by atoms with E-state index >= 15 is 0 Å². The number of anilines is 1. The smallest absolute Gasteiger partial charge is 0.231 e. The first kappa shape index (κ1) is 13.5. The molecule has 94 valence electrons. The number of carbonyl (C=O) groups is 1. The highest BCUT2D eigenvalue weighted by Crippen LogP contribution is 2.27. The van der Waals surface area contributed by atoms with Gasteiger partial charge in [0.2, 0.25) is 5.91 Å². The predicted octanol–water partition coefficient (Wildman–Crippen LogP) is 1.64. The molecule has 0 saturated carbocycles. The summed E-state index contributed by atoms with van der Waals surface area (Å²) in [5, 5.41) is 0. The molecule has 0 aromatic heterocycles. The lowest BCUT2D eigenvalue weighted by atomic mass is 10.0. The molecule has 0 bridgehead atoms. The van der Waals surface area contributed by atoms with Crippen LogP contribution in [-0.2, 0) is 4.79 Å². The van der Waals surface area contributed by atoms with Crippen molar-refractivity contribution in [3.05, 3.63) is 24.3 Å². The monoisotopic (exact) mass is 236 g/mol. The Morgan fingerprint density at radius 1 is 1.35 bits per heavy atom. The normalized spacial score (nSPS) is 13.9. The molecule has 1 aromatic rings. The second-order valence-electron chi connectivity index (χ2n) is 4.22. The Balaban J connectivity index is 2.96. The van der Waals surface area contributed by atoms with Gasteiger partial charge in [0.25, 0.3) is 0 Å². The topological polar surface area (TPSA) is 55.6 Å². The number of nitrogens with zero attached hydrogens (tertiary/aromatic N) is 1. The molecule has 4 heteroatoms. The Kier molecular flexibility index (Phi) is 4.52. The molecule has 1 aromatic carbocycles. The molecule has 0 heterocycles. The van der Waals surface area contributed by atoms with Gasteiger partial charge < -0.3 is 15.4 Å². The maximum atomic E-state index is 12.1. The van der Waals surface area contributed by atoms with Gasteiger partial charge in [-0.3, -0.25) is 4.79 Å². The summed E-state index contributed by atoms with van der Waals surface area (Å²) >= 11 is 0. The zero-order valence-electron chi connectivity index (χ0n) is 10.8. The summed E-state index contributed by atoms with van der Waals surface area (Å²) in [6.45, 7) is 3.66. The van der Waals surface area contributed by atoms with Crippen molar-refractivity contribution in [3.8, 4) is 5.75 Å². The highest BCUT2D eigenvalue weighted by molar-refractivity contribution is 5.96. The van der Waals surface area contributed by atoms with Crippen molar-refractivity contribution in [2.45, 2.75) is 19.9 Å². The molecule has 0 aliphatic heterocycles. The molecule has 1 rings (SSSR count). The summed E-state index contributed by atoms with van der Waals surface area (Å²) in [6, 6.07) is 7.26. The molecular weight excluding hydrogens is 216 g/mol. The minimum atomic E-state index is -0.218. The van der Waals surface area contributed by atoms with Crippen LogP contribution in [0.3, 0.4) is 0 Å². The van der Waals surface area contributed by atoms with E-state index in [9.17, 15) is 4.79 Å². The van der Waals surface area contributed by atoms with E-state index in [2.05, 4.69) is 0 Å². The van der Waals surface area contributed by atoms with Crippen molar-refractivity contribution >= 4 is 11.6 Å². The highest BCUT2D eigenvalue weighted by atomic mass is 16.5. The molecule has 0 fully saturated rings. The number of hydrogen-bond donors (Lipinski definition) is 1. The SMILES string of the molecule is COc1ccccc1N(C)C(=O)C(C)C(C)N. The van der Waals surface area contributed by atoms with Crippen molar-refractivity contribution < 1.29 is 9.53 Å². The molecule has 0 spiro atoms. The molecule has 0 aliphatic rings. The minimum Gasteiger partial charge on any atom is -0.495 e. The first-order valence-corrected chi connectivity index (χ1v) is 5.65. The van der Waals surface area contributed by atoms with Crippen LogP contribution in [0.5, 0.6) is 5.75 Å². The predicted molar refractivity (Wildman–Crippen MR) is 69.2 cm³/mol. The van der Waals surface area contributed by atoms with Crippen LogP contribution in [-0.4, -0.2) is 26.1 Å². The third-order valence-electron chi connectivity index (χ3n) is 2.96. The van der Waals surface area contributed by atoms with Gasteiger partial charge in [-0.1, -0.05) is 19.1 Å². The van der Waals surface area contributed by atoms with E-state index in [-0.39, 0.29) is 17.9 Å². The van der Waals surface area contributed by atoms with E-state index in [0.717, 1.165) is 5.69 Å². The number of amides is 1. The van der Waals surface area contributed by atoms with Crippen molar-refractivity contribution in [1.29, 1.82) is 0 Å². The molecule has 0 radical (unpaired) electrons. The summed E-state index contributed by atoms with van der Waals surface area (Å²) in [5.74, 6) is 0.453. The molecule has 2 atom stereocenters. The van der Waals surface area contributed by atoms with Crippen LogP contribution < -0.4 is 15.4 Å². The first-order chi connectivity index (χ1) is 7.99. The van der Waals surface area contributed by atoms with Gasteiger partial charge in [-0.25, -0.2) is 0 Å². The molecule has 0 saturated heterocycles. The number of hydrogen-bond acceptors (Lipinski definition) is 3. The second kappa shape index (κ2) is 5.68. The van der Waals surface area contributed by atoms with Gasteiger partial charge in [-0.15, -0.1) is 0 Å². The van der Waals surface area contributed by atoms with Crippen LogP contribution in [0, 0.1) is 5.92 Å². The van der Waals surface area contributed by atoms with Crippen LogP contribution in [0.2, 0.25) is 0 Å². The lowest BCUT2D eigenvalue weighted by Gasteiger charge is -2.24. The first-order valence-electron chi connectivity index (χ1n) is 5.65. The van der Waals surface area contributed by atoms with E-state index in [1.54, 1.807) is 19.1 Å². The van der Waals surface area contributed by atoms with Gasteiger partial charge in [0, 0.05) is 13.1 Å². The molecule has 0 aliphatic carbocycles. The maximum absolute atomic E-state index is 12.1. The van der Waals surface area contributed by atoms with E-state index in [4.69, 9.17) is 10.5 Å². The largest absolute Gasteiger partial charge is 0.495 e. The molecular formula is C13H20N2O2. The fourth-order valence-electron chi connectivity index (χ4n) is 1.56. The van der Waals surface area contributed by atoms with E-state index in [1.165, 1.54) is 0 Å². The summed E-state index contributed by atoms with van der Waals surface area (Å²) < 4.78 is 5.23. The standard InChI is InChI=1S/C13H20N2O2/c1-9(10(2)14)13(16)15(3)11-7-5-6-8-12(11)17-4/h5-10H,14H2,1-4H3. The number of nitrogens with two attached hydrogens (primary N) is 1. The number of ether oxygens (including phenoxy) is 1. The zero-order chi connectivity index (χ0) is 13.0. The van der Waals surface area contributed by atoms with Gasteiger partial charge >= 0.3 is 0 Å². The molecule has 1 amide bonds. The lowest BCUT2D eigenvalue weighted by molar-refractivity contribution is -0.122. The second-order valence-corrected chi connectivity index (χ2v) is 4.22. The van der Waals surface area contributed by atoms with Crippen molar-refractivity contribution in [2.24, 2.45) is 11.7 Å². The summed E-state index contributed by atoms with van der Waals surface area (Å²) in [7, 11) is 3.32. The quantitative estimate of drug-likeness (QED) is 0.864. The van der Waals surface area contributed by atoms with Crippen molar-refractivity contribution in [3.63, 3.8) is 0 Å². The third-order valence-corrected chi connectivity index (χ3v) is 2.96. The van der Waals surface area contributed by atoms with Crippen molar-refractivity contribution in [1.82, 2.24) is 0 Å². The summed E-state index contributed by atoms with van der Waals surface area (Å²) in [5.41, 5.74) is 6.50. The van der Waals surface area contributed by atoms with Crippen LogP contribution in [0.15, 0.2) is 24.3 Å². The van der Waals surface area contributed by atoms with Crippen LogP contribution >= 0.6 is 0 Å². The van der Waals surface area contributed by atoms with Gasteiger partial charge in [0.1, 0.15) is 5.75 Å². The Bertz CT molecular complexity index is 391. The fraction of sp³-hybridized carbons (Fsp3) is 0.462. The molecule has 2 N–H and O–H groups in total. The summed E-state index contributed by atoms with van der Waals surface area (Å²) in [6.07, 6.45) is 0. The number of rotatable bonds is 4. The van der Waals surface area contributed by atoms with Gasteiger partial charge in [0.05, 0.1) is 18.7 Å². The van der Waals surface area contributed by atoms with E-state index in [0.29, 0.717) is 5.75 Å². The summed E-state index contributed by atoms with van der Waals surface area (Å²) in [4.78, 5) is 13.7. The average Bonchev–Trinajstić information content (AvgIpc) is 2.35. The van der Waals surface area contributed by atoms with Crippen LogP contribution in [0.1, 0.15) is 13.8 Å². The van der Waals surface area contributed by atoms with Crippen LogP contribution in [0.4, 0.5) is 5.69 Å². The number of para-hydroxylation sites is 2. The average molecular weight is 236 g/mol. The van der Waals surface area contributed by atoms with Gasteiger partial charge in [-0.2, -0.15) is 0 Å². The third kappa shape index (κ3) is 2.97. The maximum Gasteiger partial charge on any atom is 0.231 e. The number of carbonyl (C=O) groups excluding carboxylic acids is 1. The molecule has 17 heavy (non-hydrogen) atoms. The fourth-order valence-corrected chi connectivity index (χ4v) is 1.56. The van der Waals surface area contributed by atoms with E-state index < -0.39 is 0 Å². The van der Waals surface area contributed by atoms with Crippen LogP contribution in [0.25, 0.3) is 0 Å². The number of methoxy groups -OCH3 is 1. The lowest BCUT2D eigenvalue weighted by Crippen LogP contribution is -2.39. The molecule has 4 nitrogen and oxygen atoms in total. The Morgan fingerprint density at radius 2 is 1.94 bits per heavy atom. The Hall–Kier alpha value is -1.55. The Morgan fingerprint density at radius 3 is 2.47 bits per heavy atom. The minimum absolute atomic E-state index is 0.00972. The zero-order valence-corrected chi connectivity index (χ0v) is 10.8. The molecule has 2 unspecified atom stereocenters. The van der Waals surface area contributed by atoms with E-state index in [1.807, 2.05) is 38.1 Å². The number of benzene rings is 1. The van der Waals surface area contributed by atoms with Crippen molar-refractivity contribution in [2.75, 3.05) is 19.1 Å². The highest BCUT2D eigenvalue weighted by Gasteiger charge is 2.23. The van der Waals surface area contributed by atoms with Gasteiger partial charge in [-0.05, 0) is 19.1 Å². The Labute approximate surface area is 102 Å². The van der Waals surface area contributed by atoms with Gasteiger partial charge in [0.15, 0.2) is 0 Å².